The van der Waals surface area contributed by atoms with Crippen molar-refractivity contribution in [2.24, 2.45) is 0 Å². The normalized spacial score (nSPS) is 11.7. The SMILES string of the molecule is CC(C)(C)c1ccc(Cc2ncc[nH]2)cc1. The first-order valence-corrected chi connectivity index (χ1v) is 5.63. The number of benzene rings is 1. The average Bonchev–Trinajstić information content (AvgIpc) is 2.70. The van der Waals surface area contributed by atoms with E-state index in [4.69, 9.17) is 0 Å². The number of aromatic nitrogens is 2. The van der Waals surface area contributed by atoms with Gasteiger partial charge in [0.2, 0.25) is 0 Å². The Bertz CT molecular complexity index is 433. The van der Waals surface area contributed by atoms with Crippen LogP contribution in [0, 0.1) is 0 Å². The summed E-state index contributed by atoms with van der Waals surface area (Å²) in [5.41, 5.74) is 2.89. The molecule has 0 fully saturated rings. The van der Waals surface area contributed by atoms with E-state index in [1.54, 1.807) is 6.20 Å². The number of nitrogens with one attached hydrogen (secondary N) is 1. The smallest absolute Gasteiger partial charge is 0.110 e. The molecule has 0 aliphatic heterocycles. The standard InChI is InChI=1S/C14H18N2/c1-14(2,3)12-6-4-11(5-7-12)10-13-15-8-9-16-13/h4-9H,10H2,1-3H3,(H,15,16). The van der Waals surface area contributed by atoms with Crippen LogP contribution in [0.3, 0.4) is 0 Å². The third-order valence-electron chi connectivity index (χ3n) is 2.75. The van der Waals surface area contributed by atoms with Crippen molar-refractivity contribution in [1.29, 1.82) is 0 Å². The van der Waals surface area contributed by atoms with Gasteiger partial charge in [-0.1, -0.05) is 45.0 Å². The molecule has 16 heavy (non-hydrogen) atoms. The maximum Gasteiger partial charge on any atom is 0.110 e. The summed E-state index contributed by atoms with van der Waals surface area (Å²) < 4.78 is 0. The zero-order valence-electron chi connectivity index (χ0n) is 10.1. The van der Waals surface area contributed by atoms with Gasteiger partial charge < -0.3 is 4.98 Å². The van der Waals surface area contributed by atoms with Crippen molar-refractivity contribution in [1.82, 2.24) is 9.97 Å². The molecule has 0 atom stereocenters. The summed E-state index contributed by atoms with van der Waals surface area (Å²) in [6.45, 7) is 6.69. The number of aromatic amines is 1. The van der Waals surface area contributed by atoms with E-state index in [0.717, 1.165) is 12.2 Å². The number of rotatable bonds is 2. The Kier molecular flexibility index (Phi) is 2.82. The molecular formula is C14H18N2. The van der Waals surface area contributed by atoms with Crippen LogP contribution in [0.25, 0.3) is 0 Å². The van der Waals surface area contributed by atoms with Gasteiger partial charge in [-0.15, -0.1) is 0 Å². The third-order valence-corrected chi connectivity index (χ3v) is 2.75. The highest BCUT2D eigenvalue weighted by molar-refractivity contribution is 5.28. The van der Waals surface area contributed by atoms with E-state index in [1.807, 2.05) is 6.20 Å². The zero-order valence-corrected chi connectivity index (χ0v) is 10.1. The number of nitrogens with zero attached hydrogens (tertiary/aromatic N) is 1. The lowest BCUT2D eigenvalue weighted by molar-refractivity contribution is 0.590. The lowest BCUT2D eigenvalue weighted by atomic mass is 9.86. The first-order valence-electron chi connectivity index (χ1n) is 5.63. The molecule has 0 saturated carbocycles. The Morgan fingerprint density at radius 1 is 1.12 bits per heavy atom. The van der Waals surface area contributed by atoms with Gasteiger partial charge in [-0.05, 0) is 16.5 Å². The third kappa shape index (κ3) is 2.51. The van der Waals surface area contributed by atoms with E-state index in [9.17, 15) is 0 Å². The highest BCUT2D eigenvalue weighted by atomic mass is 14.9. The number of imidazole rings is 1. The number of hydrogen-bond donors (Lipinski definition) is 1. The average molecular weight is 214 g/mol. The molecule has 2 aromatic rings. The highest BCUT2D eigenvalue weighted by Gasteiger charge is 2.12. The summed E-state index contributed by atoms with van der Waals surface area (Å²) in [6.07, 6.45) is 4.52. The summed E-state index contributed by atoms with van der Waals surface area (Å²) >= 11 is 0. The molecule has 2 nitrogen and oxygen atoms in total. The summed E-state index contributed by atoms with van der Waals surface area (Å²) in [5, 5.41) is 0. The van der Waals surface area contributed by atoms with Gasteiger partial charge >= 0.3 is 0 Å². The molecule has 0 saturated heterocycles. The first kappa shape index (κ1) is 10.9. The van der Waals surface area contributed by atoms with Crippen molar-refractivity contribution in [3.63, 3.8) is 0 Å². The quantitative estimate of drug-likeness (QED) is 0.816. The fourth-order valence-electron chi connectivity index (χ4n) is 1.71. The van der Waals surface area contributed by atoms with Crippen LogP contribution in [0.15, 0.2) is 36.7 Å². The van der Waals surface area contributed by atoms with Gasteiger partial charge in [-0.25, -0.2) is 4.98 Å². The second kappa shape index (κ2) is 4.12. The Morgan fingerprint density at radius 2 is 1.81 bits per heavy atom. The Balaban J connectivity index is 2.14. The van der Waals surface area contributed by atoms with Crippen molar-refractivity contribution in [3.8, 4) is 0 Å². The summed E-state index contributed by atoms with van der Waals surface area (Å²) in [7, 11) is 0. The van der Waals surface area contributed by atoms with Crippen LogP contribution in [-0.2, 0) is 11.8 Å². The van der Waals surface area contributed by atoms with E-state index >= 15 is 0 Å². The molecule has 0 unspecified atom stereocenters. The van der Waals surface area contributed by atoms with Crippen LogP contribution >= 0.6 is 0 Å². The second-order valence-electron chi connectivity index (χ2n) is 5.16. The number of H-pyrrole nitrogens is 1. The minimum atomic E-state index is 0.225. The van der Waals surface area contributed by atoms with E-state index in [0.29, 0.717) is 0 Å². The molecule has 0 spiro atoms. The first-order chi connectivity index (χ1) is 7.55. The topological polar surface area (TPSA) is 28.7 Å². The van der Waals surface area contributed by atoms with E-state index in [-0.39, 0.29) is 5.41 Å². The molecule has 1 aromatic carbocycles. The molecule has 1 heterocycles. The summed E-state index contributed by atoms with van der Waals surface area (Å²) in [4.78, 5) is 7.35. The molecule has 0 aliphatic rings. The molecule has 2 rings (SSSR count). The van der Waals surface area contributed by atoms with Crippen LogP contribution in [0.5, 0.6) is 0 Å². The Hall–Kier alpha value is -1.57. The van der Waals surface area contributed by atoms with Crippen molar-refractivity contribution in [2.45, 2.75) is 32.6 Å². The predicted molar refractivity (Wildman–Crippen MR) is 66.5 cm³/mol. The van der Waals surface area contributed by atoms with Crippen molar-refractivity contribution < 1.29 is 0 Å². The molecule has 1 N–H and O–H groups in total. The van der Waals surface area contributed by atoms with Gasteiger partial charge in [0.25, 0.3) is 0 Å². The van der Waals surface area contributed by atoms with E-state index in [1.165, 1.54) is 11.1 Å². The lowest BCUT2D eigenvalue weighted by Crippen LogP contribution is -2.10. The minimum Gasteiger partial charge on any atom is -0.348 e. The maximum absolute atomic E-state index is 4.23. The van der Waals surface area contributed by atoms with Gasteiger partial charge in [0, 0.05) is 18.8 Å². The summed E-state index contributed by atoms with van der Waals surface area (Å²) in [5.74, 6) is 1.02. The Labute approximate surface area is 96.7 Å². The molecular weight excluding hydrogens is 196 g/mol. The van der Waals surface area contributed by atoms with Gasteiger partial charge in [0.1, 0.15) is 5.82 Å². The second-order valence-corrected chi connectivity index (χ2v) is 5.16. The molecule has 2 heteroatoms. The minimum absolute atomic E-state index is 0.225. The highest BCUT2D eigenvalue weighted by Crippen LogP contribution is 2.22. The van der Waals surface area contributed by atoms with E-state index in [2.05, 4.69) is 55.0 Å². The molecule has 0 radical (unpaired) electrons. The van der Waals surface area contributed by atoms with Crippen LogP contribution in [-0.4, -0.2) is 9.97 Å². The Morgan fingerprint density at radius 3 is 2.31 bits per heavy atom. The zero-order chi connectivity index (χ0) is 11.6. The lowest BCUT2D eigenvalue weighted by Gasteiger charge is -2.19. The van der Waals surface area contributed by atoms with Gasteiger partial charge in [-0.2, -0.15) is 0 Å². The number of hydrogen-bond acceptors (Lipinski definition) is 1. The molecule has 0 aliphatic carbocycles. The summed E-state index contributed by atoms with van der Waals surface area (Å²) in [6, 6.07) is 8.78. The van der Waals surface area contributed by atoms with Crippen LogP contribution in [0.2, 0.25) is 0 Å². The monoisotopic (exact) mass is 214 g/mol. The largest absolute Gasteiger partial charge is 0.348 e. The van der Waals surface area contributed by atoms with Crippen LogP contribution < -0.4 is 0 Å². The molecule has 0 bridgehead atoms. The molecule has 0 amide bonds. The van der Waals surface area contributed by atoms with Crippen molar-refractivity contribution in [2.75, 3.05) is 0 Å². The maximum atomic E-state index is 4.23. The van der Waals surface area contributed by atoms with E-state index < -0.39 is 0 Å². The van der Waals surface area contributed by atoms with Crippen molar-refractivity contribution in [3.05, 3.63) is 53.6 Å². The fraction of sp³-hybridized carbons (Fsp3) is 0.357. The van der Waals surface area contributed by atoms with Gasteiger partial charge in [0.05, 0.1) is 0 Å². The van der Waals surface area contributed by atoms with Crippen molar-refractivity contribution >= 4 is 0 Å². The van der Waals surface area contributed by atoms with Crippen LogP contribution in [0.4, 0.5) is 0 Å². The predicted octanol–water partition coefficient (Wildman–Crippen LogP) is 3.30. The fourth-order valence-corrected chi connectivity index (χ4v) is 1.71. The molecule has 84 valence electrons. The van der Waals surface area contributed by atoms with Gasteiger partial charge in [-0.3, -0.25) is 0 Å². The molecule has 1 aromatic heterocycles. The van der Waals surface area contributed by atoms with Crippen LogP contribution in [0.1, 0.15) is 37.7 Å². The van der Waals surface area contributed by atoms with Gasteiger partial charge in [0.15, 0.2) is 0 Å².